The van der Waals surface area contributed by atoms with Gasteiger partial charge >= 0.3 is 6.36 Å². The Bertz CT molecular complexity index is 355. The van der Waals surface area contributed by atoms with Crippen molar-refractivity contribution in [3.63, 3.8) is 0 Å². The molecule has 0 aromatic heterocycles. The van der Waals surface area contributed by atoms with Gasteiger partial charge in [-0.1, -0.05) is 15.9 Å². The Morgan fingerprint density at radius 2 is 2.00 bits per heavy atom. The maximum Gasteiger partial charge on any atom is 0.573 e. The van der Waals surface area contributed by atoms with E-state index in [1.54, 1.807) is 0 Å². The van der Waals surface area contributed by atoms with Crippen LogP contribution in [0.25, 0.3) is 0 Å². The van der Waals surface area contributed by atoms with E-state index >= 15 is 0 Å². The fourth-order valence-corrected chi connectivity index (χ4v) is 1.26. The van der Waals surface area contributed by atoms with Gasteiger partial charge in [0.1, 0.15) is 5.69 Å². The first-order chi connectivity index (χ1) is 6.42. The van der Waals surface area contributed by atoms with E-state index in [0.29, 0.717) is 4.47 Å². The lowest BCUT2D eigenvalue weighted by Gasteiger charge is -2.10. The Kier molecular flexibility index (Phi) is 3.43. The molecule has 0 unspecified atom stereocenters. The molecule has 0 radical (unpaired) electrons. The third-order valence-electron chi connectivity index (χ3n) is 1.25. The zero-order valence-electron chi connectivity index (χ0n) is 6.51. The fourth-order valence-electron chi connectivity index (χ4n) is 0.770. The minimum Gasteiger partial charge on any atom is -0.403 e. The van der Waals surface area contributed by atoms with Crippen molar-refractivity contribution in [2.45, 2.75) is 6.36 Å². The monoisotopic (exact) mass is 285 g/mol. The molecule has 0 atom stereocenters. The lowest BCUT2D eigenvalue weighted by Crippen LogP contribution is -2.17. The zero-order valence-corrected chi connectivity index (χ0v) is 8.91. The normalized spacial score (nSPS) is 11.1. The number of hydrogen-bond donors (Lipinski definition) is 0. The minimum atomic E-state index is -4.74. The summed E-state index contributed by atoms with van der Waals surface area (Å²) in [5.74, 6) is -0.415. The van der Waals surface area contributed by atoms with E-state index in [2.05, 4.69) is 37.5 Å². The second kappa shape index (κ2) is 4.22. The van der Waals surface area contributed by atoms with Crippen LogP contribution in [0.4, 0.5) is 18.9 Å². The van der Waals surface area contributed by atoms with Crippen LogP contribution in [0.2, 0.25) is 0 Å². The molecule has 0 amide bonds. The van der Waals surface area contributed by atoms with Gasteiger partial charge < -0.3 is 4.74 Å². The second-order valence-corrected chi connectivity index (χ2v) is 3.35. The van der Waals surface area contributed by atoms with Gasteiger partial charge in [-0.2, -0.15) is 4.36 Å². The Hall–Kier alpha value is -0.690. The maximum absolute atomic E-state index is 11.9. The smallest absolute Gasteiger partial charge is 0.403 e. The SMILES string of the molecule is FC(F)(F)Oc1cc(Br)ccc1N=S. The number of rotatable bonds is 2. The van der Waals surface area contributed by atoms with Gasteiger partial charge in [-0.3, -0.25) is 0 Å². The molecule has 1 rings (SSSR count). The average Bonchev–Trinajstić information content (AvgIpc) is 2.01. The summed E-state index contributed by atoms with van der Waals surface area (Å²) in [5, 5.41) is 0. The van der Waals surface area contributed by atoms with Crippen LogP contribution in [-0.2, 0) is 12.4 Å². The van der Waals surface area contributed by atoms with Crippen LogP contribution in [0.1, 0.15) is 0 Å². The van der Waals surface area contributed by atoms with Crippen LogP contribution >= 0.6 is 15.9 Å². The van der Waals surface area contributed by atoms with E-state index in [1.165, 1.54) is 12.1 Å². The van der Waals surface area contributed by atoms with Crippen LogP contribution in [0.5, 0.6) is 5.75 Å². The van der Waals surface area contributed by atoms with Gasteiger partial charge in [0.2, 0.25) is 0 Å². The van der Waals surface area contributed by atoms with Crippen molar-refractivity contribution in [2.24, 2.45) is 4.36 Å². The molecule has 0 aliphatic rings. The van der Waals surface area contributed by atoms with Gasteiger partial charge in [-0.25, -0.2) is 0 Å². The van der Waals surface area contributed by atoms with Crippen molar-refractivity contribution in [1.29, 1.82) is 0 Å². The van der Waals surface area contributed by atoms with Crippen LogP contribution in [0.15, 0.2) is 27.0 Å². The summed E-state index contributed by atoms with van der Waals surface area (Å²) < 4.78 is 43.0. The molecule has 1 aromatic carbocycles. The number of alkyl halides is 3. The van der Waals surface area contributed by atoms with E-state index in [0.717, 1.165) is 6.07 Å². The standard InChI is InChI=1S/C7H3BrF3NOS/c8-4-1-2-5(12-14)6(3-4)13-7(9,10)11/h1-3H. The molecular formula is C7H3BrF3NOS. The summed E-state index contributed by atoms with van der Waals surface area (Å²) in [6, 6.07) is 4.01. The first-order valence-corrected chi connectivity index (χ1v) is 4.47. The molecule has 0 aliphatic heterocycles. The Morgan fingerprint density at radius 1 is 1.36 bits per heavy atom. The van der Waals surface area contributed by atoms with Gasteiger partial charge in [-0.05, 0) is 18.2 Å². The Morgan fingerprint density at radius 3 is 2.50 bits per heavy atom. The van der Waals surface area contributed by atoms with Gasteiger partial charge in [0.05, 0.1) is 0 Å². The topological polar surface area (TPSA) is 21.6 Å². The summed E-state index contributed by atoms with van der Waals surface area (Å²) in [6.07, 6.45) is -4.74. The summed E-state index contributed by atoms with van der Waals surface area (Å²) in [6.45, 7) is 0. The van der Waals surface area contributed by atoms with E-state index < -0.39 is 12.1 Å². The zero-order chi connectivity index (χ0) is 10.8. The lowest BCUT2D eigenvalue weighted by molar-refractivity contribution is -0.274. The first-order valence-electron chi connectivity index (χ1n) is 3.31. The average molecular weight is 286 g/mol. The van der Waals surface area contributed by atoms with E-state index in [4.69, 9.17) is 0 Å². The quantitative estimate of drug-likeness (QED) is 0.826. The van der Waals surface area contributed by atoms with E-state index in [1.807, 2.05) is 0 Å². The van der Waals surface area contributed by atoms with Crippen LogP contribution < -0.4 is 4.74 Å². The predicted octanol–water partition coefficient (Wildman–Crippen LogP) is 3.71. The summed E-state index contributed by atoms with van der Waals surface area (Å²) in [5.41, 5.74) is -0.0273. The summed E-state index contributed by atoms with van der Waals surface area (Å²) in [7, 11) is 0. The van der Waals surface area contributed by atoms with Gasteiger partial charge in [0.15, 0.2) is 5.75 Å². The maximum atomic E-state index is 11.9. The molecular weight excluding hydrogens is 283 g/mol. The van der Waals surface area contributed by atoms with Crippen molar-refractivity contribution in [3.8, 4) is 5.75 Å². The molecule has 0 fully saturated rings. The van der Waals surface area contributed by atoms with Gasteiger partial charge in [0, 0.05) is 16.9 Å². The van der Waals surface area contributed by atoms with Crippen LogP contribution in [0.3, 0.4) is 0 Å². The Labute approximate surface area is 91.4 Å². The Balaban J connectivity index is 3.05. The highest BCUT2D eigenvalue weighted by Gasteiger charge is 2.32. The molecule has 0 bridgehead atoms. The number of hydrogen-bond acceptors (Lipinski definition) is 3. The minimum absolute atomic E-state index is 0.0273. The molecule has 0 saturated heterocycles. The van der Waals surface area contributed by atoms with E-state index in [9.17, 15) is 13.2 Å². The third kappa shape index (κ3) is 3.22. The number of halogens is 4. The molecule has 0 aliphatic carbocycles. The largest absolute Gasteiger partial charge is 0.573 e. The first kappa shape index (κ1) is 11.4. The van der Waals surface area contributed by atoms with Gasteiger partial charge in [0.25, 0.3) is 0 Å². The highest BCUT2D eigenvalue weighted by Crippen LogP contribution is 2.34. The van der Waals surface area contributed by atoms with Gasteiger partial charge in [-0.15, -0.1) is 13.2 Å². The lowest BCUT2D eigenvalue weighted by atomic mass is 10.3. The number of benzene rings is 1. The molecule has 7 heteroatoms. The highest BCUT2D eigenvalue weighted by atomic mass is 79.9. The van der Waals surface area contributed by atoms with Crippen molar-refractivity contribution < 1.29 is 17.9 Å². The predicted molar refractivity (Wildman–Crippen MR) is 50.3 cm³/mol. The third-order valence-corrected chi connectivity index (χ3v) is 1.94. The van der Waals surface area contributed by atoms with Crippen molar-refractivity contribution in [1.82, 2.24) is 0 Å². The highest BCUT2D eigenvalue weighted by molar-refractivity contribution is 9.10. The summed E-state index contributed by atoms with van der Waals surface area (Å²) >= 11 is 7.31. The van der Waals surface area contributed by atoms with Crippen LogP contribution in [0, 0.1) is 0 Å². The fraction of sp³-hybridized carbons (Fsp3) is 0.143. The molecule has 0 heterocycles. The molecule has 0 saturated carbocycles. The number of ether oxygens (including phenoxy) is 1. The van der Waals surface area contributed by atoms with Crippen molar-refractivity contribution in [2.75, 3.05) is 0 Å². The second-order valence-electron chi connectivity index (χ2n) is 2.25. The molecule has 2 nitrogen and oxygen atoms in total. The summed E-state index contributed by atoms with van der Waals surface area (Å²) in [4.78, 5) is 0. The molecule has 0 spiro atoms. The molecule has 1 aromatic rings. The molecule has 14 heavy (non-hydrogen) atoms. The van der Waals surface area contributed by atoms with E-state index in [-0.39, 0.29) is 5.69 Å². The van der Waals surface area contributed by atoms with Crippen molar-refractivity contribution in [3.05, 3.63) is 22.7 Å². The molecule has 0 N–H and O–H groups in total. The van der Waals surface area contributed by atoms with Crippen molar-refractivity contribution >= 4 is 34.0 Å². The number of nitrogens with zero attached hydrogens (tertiary/aromatic N) is 1. The van der Waals surface area contributed by atoms with Crippen LogP contribution in [-0.4, -0.2) is 6.36 Å². The molecule has 76 valence electrons.